The summed E-state index contributed by atoms with van der Waals surface area (Å²) in [6.07, 6.45) is 1.42. The second kappa shape index (κ2) is 13.2. The minimum absolute atomic E-state index is 0.0342. The van der Waals surface area contributed by atoms with Crippen LogP contribution in [0.5, 0.6) is 11.5 Å². The molecule has 38 heavy (non-hydrogen) atoms. The van der Waals surface area contributed by atoms with Crippen LogP contribution in [0.4, 0.5) is 11.4 Å². The highest BCUT2D eigenvalue weighted by atomic mass is 127. The van der Waals surface area contributed by atoms with Crippen LogP contribution in [0.15, 0.2) is 66.2 Å². The first kappa shape index (κ1) is 28.1. The van der Waals surface area contributed by atoms with Gasteiger partial charge in [0.1, 0.15) is 18.2 Å². The molecule has 0 atom stereocenters. The Morgan fingerprint density at radius 1 is 1.13 bits per heavy atom. The molecule has 0 saturated carbocycles. The number of carbonyl (C=O) groups excluding carboxylic acids is 2. The number of nitriles is 1. The van der Waals surface area contributed by atoms with Crippen molar-refractivity contribution in [3.8, 4) is 17.6 Å². The van der Waals surface area contributed by atoms with Crippen molar-refractivity contribution in [2.24, 2.45) is 0 Å². The SMILES string of the molecule is CCOc1cc(/C=C(\C#N)C(=O)Nc2ccc(C(=O)OC)cc2)cc(I)c1OCc1cccc([N+](=O)[O-])c1. The van der Waals surface area contributed by atoms with Crippen LogP contribution in [0.1, 0.15) is 28.4 Å². The highest BCUT2D eigenvalue weighted by Crippen LogP contribution is 2.35. The van der Waals surface area contributed by atoms with Gasteiger partial charge in [-0.25, -0.2) is 4.79 Å². The van der Waals surface area contributed by atoms with Gasteiger partial charge in [-0.15, -0.1) is 0 Å². The van der Waals surface area contributed by atoms with Gasteiger partial charge >= 0.3 is 5.97 Å². The lowest BCUT2D eigenvalue weighted by atomic mass is 10.1. The number of nitro benzene ring substituents is 1. The molecule has 1 N–H and O–H groups in total. The smallest absolute Gasteiger partial charge is 0.337 e. The fraction of sp³-hybridized carbons (Fsp3) is 0.148. The van der Waals surface area contributed by atoms with Crippen molar-refractivity contribution >= 4 is 51.9 Å². The van der Waals surface area contributed by atoms with E-state index in [4.69, 9.17) is 9.47 Å². The number of nitrogens with zero attached hydrogens (tertiary/aromatic N) is 2. The molecule has 194 valence electrons. The van der Waals surface area contributed by atoms with Gasteiger partial charge in [-0.3, -0.25) is 14.9 Å². The number of carbonyl (C=O) groups is 2. The predicted molar refractivity (Wildman–Crippen MR) is 148 cm³/mol. The molecule has 0 radical (unpaired) electrons. The van der Waals surface area contributed by atoms with Crippen molar-refractivity contribution < 1.29 is 28.7 Å². The van der Waals surface area contributed by atoms with Crippen LogP contribution in [0.3, 0.4) is 0 Å². The number of rotatable bonds is 10. The number of nitrogens with one attached hydrogen (secondary N) is 1. The molecule has 0 aliphatic heterocycles. The van der Waals surface area contributed by atoms with Gasteiger partial charge in [-0.1, -0.05) is 12.1 Å². The molecule has 11 heteroatoms. The van der Waals surface area contributed by atoms with Crippen molar-refractivity contribution in [3.63, 3.8) is 0 Å². The minimum Gasteiger partial charge on any atom is -0.490 e. The fourth-order valence-electron chi connectivity index (χ4n) is 3.31. The normalized spacial score (nSPS) is 10.7. The maximum Gasteiger partial charge on any atom is 0.337 e. The number of hydrogen-bond donors (Lipinski definition) is 1. The average molecular weight is 627 g/mol. The monoisotopic (exact) mass is 627 g/mol. The summed E-state index contributed by atoms with van der Waals surface area (Å²) < 4.78 is 17.0. The van der Waals surface area contributed by atoms with E-state index in [-0.39, 0.29) is 17.9 Å². The molecule has 0 fully saturated rings. The van der Waals surface area contributed by atoms with Crippen molar-refractivity contribution in [2.75, 3.05) is 19.0 Å². The number of esters is 1. The van der Waals surface area contributed by atoms with Crippen LogP contribution in [-0.2, 0) is 16.1 Å². The summed E-state index contributed by atoms with van der Waals surface area (Å²) in [7, 11) is 1.27. The number of nitro groups is 1. The van der Waals surface area contributed by atoms with Gasteiger partial charge in [0.25, 0.3) is 11.6 Å². The molecule has 3 rings (SSSR count). The molecule has 0 aliphatic carbocycles. The summed E-state index contributed by atoms with van der Waals surface area (Å²) in [5.74, 6) is -0.299. The number of amides is 1. The van der Waals surface area contributed by atoms with Crippen LogP contribution in [0.25, 0.3) is 6.08 Å². The summed E-state index contributed by atoms with van der Waals surface area (Å²) in [6, 6.07) is 17.5. The molecule has 1 amide bonds. The Morgan fingerprint density at radius 2 is 1.87 bits per heavy atom. The zero-order valence-electron chi connectivity index (χ0n) is 20.4. The molecule has 3 aromatic carbocycles. The maximum absolute atomic E-state index is 12.7. The van der Waals surface area contributed by atoms with E-state index in [2.05, 4.69) is 32.6 Å². The molecule has 0 spiro atoms. The highest BCUT2D eigenvalue weighted by Gasteiger charge is 2.16. The number of anilines is 1. The lowest BCUT2D eigenvalue weighted by Crippen LogP contribution is -2.13. The van der Waals surface area contributed by atoms with Crippen molar-refractivity contribution in [1.82, 2.24) is 0 Å². The Balaban J connectivity index is 1.81. The Hall–Kier alpha value is -4.44. The Bertz CT molecular complexity index is 1430. The lowest BCUT2D eigenvalue weighted by molar-refractivity contribution is -0.384. The van der Waals surface area contributed by atoms with E-state index < -0.39 is 16.8 Å². The number of benzene rings is 3. The van der Waals surface area contributed by atoms with Crippen LogP contribution >= 0.6 is 22.6 Å². The standard InChI is InChI=1S/C27H22IN3O7/c1-3-37-24-14-18(13-23(28)25(24)38-16-17-5-4-6-22(12-17)31(34)35)11-20(15-29)26(32)30-21-9-7-19(8-10-21)27(33)36-2/h4-14H,3,16H2,1-2H3,(H,30,32)/b20-11+. The first-order chi connectivity index (χ1) is 18.2. The maximum atomic E-state index is 12.7. The molecule has 0 aliphatic rings. The van der Waals surface area contributed by atoms with Gasteiger partial charge in [0.05, 0.1) is 27.8 Å². The quantitative estimate of drug-likeness (QED) is 0.0775. The summed E-state index contributed by atoms with van der Waals surface area (Å²) in [4.78, 5) is 34.9. The third kappa shape index (κ3) is 7.30. The van der Waals surface area contributed by atoms with Crippen LogP contribution in [0, 0.1) is 25.0 Å². The first-order valence-electron chi connectivity index (χ1n) is 11.2. The fourth-order valence-corrected chi connectivity index (χ4v) is 4.09. The molecular weight excluding hydrogens is 605 g/mol. The van der Waals surface area contributed by atoms with Gasteiger partial charge in [-0.2, -0.15) is 5.26 Å². The largest absolute Gasteiger partial charge is 0.490 e. The zero-order valence-corrected chi connectivity index (χ0v) is 22.6. The number of ether oxygens (including phenoxy) is 3. The molecule has 0 saturated heterocycles. The highest BCUT2D eigenvalue weighted by molar-refractivity contribution is 14.1. The van der Waals surface area contributed by atoms with E-state index in [1.54, 1.807) is 31.2 Å². The second-order valence-electron chi connectivity index (χ2n) is 7.67. The van der Waals surface area contributed by atoms with Crippen molar-refractivity contribution in [3.05, 3.63) is 96.6 Å². The minimum atomic E-state index is -0.628. The van der Waals surface area contributed by atoms with Crippen LogP contribution in [0.2, 0.25) is 0 Å². The van der Waals surface area contributed by atoms with Crippen molar-refractivity contribution in [1.29, 1.82) is 5.26 Å². The van der Waals surface area contributed by atoms with Gasteiger partial charge in [-0.05, 0) is 83.1 Å². The Morgan fingerprint density at radius 3 is 2.50 bits per heavy atom. The predicted octanol–water partition coefficient (Wildman–Crippen LogP) is 5.51. The number of methoxy groups -OCH3 is 1. The molecule has 0 heterocycles. The van der Waals surface area contributed by atoms with Gasteiger partial charge in [0.2, 0.25) is 0 Å². The van der Waals surface area contributed by atoms with E-state index >= 15 is 0 Å². The van der Waals surface area contributed by atoms with E-state index in [0.29, 0.717) is 44.1 Å². The second-order valence-corrected chi connectivity index (χ2v) is 8.83. The molecule has 0 unspecified atom stereocenters. The average Bonchev–Trinajstić information content (AvgIpc) is 2.91. The summed E-state index contributed by atoms with van der Waals surface area (Å²) >= 11 is 2.05. The van der Waals surface area contributed by atoms with Crippen molar-refractivity contribution in [2.45, 2.75) is 13.5 Å². The summed E-state index contributed by atoms with van der Waals surface area (Å²) in [5, 5.41) is 23.3. The van der Waals surface area contributed by atoms with E-state index in [9.17, 15) is 25.0 Å². The third-order valence-corrected chi connectivity index (χ3v) is 5.88. The Labute approximate surface area is 232 Å². The number of non-ortho nitro benzene ring substituents is 1. The molecular formula is C27H22IN3O7. The number of halogens is 1. The van der Waals surface area contributed by atoms with E-state index in [0.717, 1.165) is 0 Å². The van der Waals surface area contributed by atoms with E-state index in [1.165, 1.54) is 49.6 Å². The molecule has 0 bridgehead atoms. The van der Waals surface area contributed by atoms with Crippen LogP contribution in [-0.4, -0.2) is 30.5 Å². The van der Waals surface area contributed by atoms with E-state index in [1.807, 2.05) is 6.07 Å². The molecule has 0 aromatic heterocycles. The van der Waals surface area contributed by atoms with Gasteiger partial charge in [0, 0.05) is 17.8 Å². The zero-order chi connectivity index (χ0) is 27.7. The van der Waals surface area contributed by atoms with Crippen LogP contribution < -0.4 is 14.8 Å². The molecule has 3 aromatic rings. The Kier molecular flexibility index (Phi) is 9.78. The molecule has 10 nitrogen and oxygen atoms in total. The first-order valence-corrected chi connectivity index (χ1v) is 12.3. The summed E-state index contributed by atoms with van der Waals surface area (Å²) in [6.45, 7) is 2.22. The number of hydrogen-bond acceptors (Lipinski definition) is 8. The topological polar surface area (TPSA) is 141 Å². The van der Waals surface area contributed by atoms with Gasteiger partial charge in [0.15, 0.2) is 11.5 Å². The lowest BCUT2D eigenvalue weighted by Gasteiger charge is -2.15. The third-order valence-electron chi connectivity index (χ3n) is 5.08. The summed E-state index contributed by atoms with van der Waals surface area (Å²) in [5.41, 5.74) is 1.70. The van der Waals surface area contributed by atoms with Gasteiger partial charge < -0.3 is 19.5 Å².